The normalized spacial score (nSPS) is 23.5. The van der Waals surface area contributed by atoms with Gasteiger partial charge in [-0.25, -0.2) is 0 Å². The third kappa shape index (κ3) is 3.60. The lowest BCUT2D eigenvalue weighted by Gasteiger charge is -2.34. The number of aryl methyl sites for hydroxylation is 1. The van der Waals surface area contributed by atoms with Gasteiger partial charge in [0.1, 0.15) is 0 Å². The van der Waals surface area contributed by atoms with E-state index >= 15 is 0 Å². The Bertz CT molecular complexity index is 401. The van der Waals surface area contributed by atoms with Gasteiger partial charge in [0.05, 0.1) is 0 Å². The van der Waals surface area contributed by atoms with Crippen molar-refractivity contribution < 1.29 is 0 Å². The van der Waals surface area contributed by atoms with Crippen LogP contribution in [0.5, 0.6) is 0 Å². The Morgan fingerprint density at radius 2 is 1.90 bits per heavy atom. The molecule has 1 aliphatic rings. The van der Waals surface area contributed by atoms with E-state index in [1.165, 1.54) is 30.6 Å². The molecule has 0 saturated carbocycles. The fraction of sp³-hybridized carbons (Fsp3) is 0.647. The van der Waals surface area contributed by atoms with E-state index in [0.717, 1.165) is 13.0 Å². The zero-order valence-electron chi connectivity index (χ0n) is 13.4. The number of hydrogen-bond acceptors (Lipinski definition) is 3. The molecule has 1 saturated heterocycles. The fourth-order valence-electron chi connectivity index (χ4n) is 3.21. The molecule has 2 atom stereocenters. The minimum absolute atomic E-state index is 0.395. The highest BCUT2D eigenvalue weighted by Crippen LogP contribution is 2.23. The standard InChI is InChI=1S/C17H29N3/c1-5-14-7-9-15(10-8-14)17(18-2)16-13-19(3)11-6-12-20(16)4/h7-10,16-18H,5-6,11-13H2,1-4H3. The van der Waals surface area contributed by atoms with Gasteiger partial charge in [0.25, 0.3) is 0 Å². The average molecular weight is 275 g/mol. The van der Waals surface area contributed by atoms with E-state index in [0.29, 0.717) is 12.1 Å². The molecule has 0 aromatic heterocycles. The summed E-state index contributed by atoms with van der Waals surface area (Å²) in [6.45, 7) is 5.71. The van der Waals surface area contributed by atoms with Crippen molar-refractivity contribution in [1.82, 2.24) is 15.1 Å². The van der Waals surface area contributed by atoms with Gasteiger partial charge in [-0.15, -0.1) is 0 Å². The summed E-state index contributed by atoms with van der Waals surface area (Å²) in [7, 11) is 6.57. The first-order valence-electron chi connectivity index (χ1n) is 7.80. The van der Waals surface area contributed by atoms with Gasteiger partial charge in [0, 0.05) is 18.6 Å². The lowest BCUT2D eigenvalue weighted by Crippen LogP contribution is -2.46. The highest BCUT2D eigenvalue weighted by molar-refractivity contribution is 5.26. The van der Waals surface area contributed by atoms with E-state index in [1.807, 2.05) is 0 Å². The van der Waals surface area contributed by atoms with Crippen LogP contribution in [0.3, 0.4) is 0 Å². The first kappa shape index (κ1) is 15.5. The molecule has 1 fully saturated rings. The number of hydrogen-bond donors (Lipinski definition) is 1. The van der Waals surface area contributed by atoms with Crippen LogP contribution in [0.1, 0.15) is 30.5 Å². The molecule has 0 aliphatic carbocycles. The topological polar surface area (TPSA) is 18.5 Å². The molecular weight excluding hydrogens is 246 g/mol. The molecule has 3 heteroatoms. The molecule has 1 aliphatic heterocycles. The Hall–Kier alpha value is -0.900. The molecule has 0 radical (unpaired) electrons. The number of nitrogens with zero attached hydrogens (tertiary/aromatic N) is 2. The van der Waals surface area contributed by atoms with Gasteiger partial charge in [-0.3, -0.25) is 0 Å². The smallest absolute Gasteiger partial charge is 0.0488 e. The summed E-state index contributed by atoms with van der Waals surface area (Å²) in [6, 6.07) is 10.0. The summed E-state index contributed by atoms with van der Waals surface area (Å²) < 4.78 is 0. The summed E-state index contributed by atoms with van der Waals surface area (Å²) >= 11 is 0. The van der Waals surface area contributed by atoms with Crippen LogP contribution < -0.4 is 5.32 Å². The van der Waals surface area contributed by atoms with Gasteiger partial charge in [-0.1, -0.05) is 31.2 Å². The van der Waals surface area contributed by atoms with E-state index < -0.39 is 0 Å². The van der Waals surface area contributed by atoms with Crippen LogP contribution in [0.4, 0.5) is 0 Å². The molecule has 1 heterocycles. The number of nitrogens with one attached hydrogen (secondary N) is 1. The maximum atomic E-state index is 3.54. The Balaban J connectivity index is 2.19. The number of rotatable bonds is 4. The predicted octanol–water partition coefficient (Wildman–Crippen LogP) is 2.15. The largest absolute Gasteiger partial charge is 0.312 e. The van der Waals surface area contributed by atoms with Gasteiger partial charge >= 0.3 is 0 Å². The molecule has 1 N–H and O–H groups in total. The molecule has 112 valence electrons. The summed E-state index contributed by atoms with van der Waals surface area (Å²) in [6.07, 6.45) is 2.37. The van der Waals surface area contributed by atoms with Crippen molar-refractivity contribution in [2.45, 2.75) is 31.8 Å². The number of likely N-dealkylation sites (N-methyl/N-ethyl adjacent to an activating group) is 3. The zero-order valence-corrected chi connectivity index (χ0v) is 13.4. The lowest BCUT2D eigenvalue weighted by molar-refractivity contribution is 0.182. The lowest BCUT2D eigenvalue weighted by atomic mass is 9.96. The van der Waals surface area contributed by atoms with Crippen LogP contribution in [-0.4, -0.2) is 56.6 Å². The predicted molar refractivity (Wildman–Crippen MR) is 86.2 cm³/mol. The molecule has 0 amide bonds. The third-order valence-corrected chi connectivity index (χ3v) is 4.56. The second-order valence-corrected chi connectivity index (χ2v) is 6.03. The van der Waals surface area contributed by atoms with Crippen LogP contribution in [0.2, 0.25) is 0 Å². The average Bonchev–Trinajstić information content (AvgIpc) is 2.62. The van der Waals surface area contributed by atoms with E-state index in [4.69, 9.17) is 0 Å². The summed E-state index contributed by atoms with van der Waals surface area (Å²) in [5.41, 5.74) is 2.81. The maximum Gasteiger partial charge on any atom is 0.0488 e. The summed E-state index contributed by atoms with van der Waals surface area (Å²) in [5, 5.41) is 3.54. The molecule has 3 nitrogen and oxygen atoms in total. The minimum Gasteiger partial charge on any atom is -0.312 e. The van der Waals surface area contributed by atoms with Crippen LogP contribution in [-0.2, 0) is 6.42 Å². The van der Waals surface area contributed by atoms with Crippen molar-refractivity contribution in [3.63, 3.8) is 0 Å². The van der Waals surface area contributed by atoms with Crippen molar-refractivity contribution >= 4 is 0 Å². The van der Waals surface area contributed by atoms with Crippen molar-refractivity contribution in [3.05, 3.63) is 35.4 Å². The van der Waals surface area contributed by atoms with E-state index in [-0.39, 0.29) is 0 Å². The molecule has 1 aromatic carbocycles. The zero-order chi connectivity index (χ0) is 14.5. The van der Waals surface area contributed by atoms with Gasteiger partial charge in [0.15, 0.2) is 0 Å². The molecule has 0 bridgehead atoms. The molecule has 2 unspecified atom stereocenters. The van der Waals surface area contributed by atoms with Gasteiger partial charge in [-0.2, -0.15) is 0 Å². The van der Waals surface area contributed by atoms with Crippen LogP contribution in [0.25, 0.3) is 0 Å². The van der Waals surface area contributed by atoms with Crippen LogP contribution in [0.15, 0.2) is 24.3 Å². The van der Waals surface area contributed by atoms with Crippen molar-refractivity contribution in [2.24, 2.45) is 0 Å². The van der Waals surface area contributed by atoms with Crippen molar-refractivity contribution in [1.29, 1.82) is 0 Å². The minimum atomic E-state index is 0.395. The van der Waals surface area contributed by atoms with Crippen LogP contribution >= 0.6 is 0 Å². The highest BCUT2D eigenvalue weighted by atomic mass is 15.2. The Labute approximate surface area is 124 Å². The number of benzene rings is 1. The molecular formula is C17H29N3. The Morgan fingerprint density at radius 3 is 2.50 bits per heavy atom. The van der Waals surface area contributed by atoms with E-state index in [2.05, 4.69) is 67.4 Å². The second kappa shape index (κ2) is 7.21. The van der Waals surface area contributed by atoms with Crippen molar-refractivity contribution in [3.8, 4) is 0 Å². The second-order valence-electron chi connectivity index (χ2n) is 6.03. The SMILES string of the molecule is CCc1ccc(C(NC)C2CN(C)CCCN2C)cc1. The molecule has 20 heavy (non-hydrogen) atoms. The van der Waals surface area contributed by atoms with Gasteiger partial charge in [-0.05, 0) is 58.2 Å². The van der Waals surface area contributed by atoms with E-state index in [1.54, 1.807) is 0 Å². The van der Waals surface area contributed by atoms with Crippen LogP contribution in [0, 0.1) is 0 Å². The summed E-state index contributed by atoms with van der Waals surface area (Å²) in [4.78, 5) is 4.97. The summed E-state index contributed by atoms with van der Waals surface area (Å²) in [5.74, 6) is 0. The Kier molecular flexibility index (Phi) is 5.58. The monoisotopic (exact) mass is 275 g/mol. The van der Waals surface area contributed by atoms with Gasteiger partial charge < -0.3 is 15.1 Å². The first-order valence-corrected chi connectivity index (χ1v) is 7.80. The quantitative estimate of drug-likeness (QED) is 0.908. The van der Waals surface area contributed by atoms with Crippen molar-refractivity contribution in [2.75, 3.05) is 40.8 Å². The highest BCUT2D eigenvalue weighted by Gasteiger charge is 2.28. The molecule has 2 rings (SSSR count). The third-order valence-electron chi connectivity index (χ3n) is 4.56. The first-order chi connectivity index (χ1) is 9.65. The molecule has 1 aromatic rings. The van der Waals surface area contributed by atoms with Gasteiger partial charge in [0.2, 0.25) is 0 Å². The van der Waals surface area contributed by atoms with E-state index in [9.17, 15) is 0 Å². The Morgan fingerprint density at radius 1 is 1.20 bits per heavy atom. The fourth-order valence-corrected chi connectivity index (χ4v) is 3.21. The maximum absolute atomic E-state index is 3.54. The molecule has 0 spiro atoms.